The SMILES string of the molecule is CC(=O)Cc1nc2c(s1)-c1c(c(-c3ccc(C)nc3)nn1-c1ccccc1C)C(C)(C)C2. The molecule has 5 nitrogen and oxygen atoms in total. The molecule has 0 amide bonds. The maximum atomic E-state index is 11.8. The van der Waals surface area contributed by atoms with E-state index in [-0.39, 0.29) is 11.2 Å². The van der Waals surface area contributed by atoms with E-state index >= 15 is 0 Å². The highest BCUT2D eigenvalue weighted by atomic mass is 32.1. The Hall–Kier alpha value is -3.12. The lowest BCUT2D eigenvalue weighted by atomic mass is 9.74. The smallest absolute Gasteiger partial charge is 0.136 e. The monoisotopic (exact) mass is 442 g/mol. The van der Waals surface area contributed by atoms with Gasteiger partial charge in [0.15, 0.2) is 0 Å². The number of aryl methyl sites for hydroxylation is 2. The second-order valence-corrected chi connectivity index (χ2v) is 10.4. The lowest BCUT2D eigenvalue weighted by Crippen LogP contribution is -2.26. The molecule has 0 radical (unpaired) electrons. The fourth-order valence-corrected chi connectivity index (χ4v) is 5.74. The topological polar surface area (TPSA) is 60.7 Å². The molecule has 3 aromatic heterocycles. The summed E-state index contributed by atoms with van der Waals surface area (Å²) >= 11 is 1.62. The molecule has 0 bridgehead atoms. The highest BCUT2D eigenvalue weighted by molar-refractivity contribution is 7.15. The average Bonchev–Trinajstić information content (AvgIpc) is 3.30. The van der Waals surface area contributed by atoms with Crippen molar-refractivity contribution in [2.75, 3.05) is 0 Å². The van der Waals surface area contributed by atoms with Crippen molar-refractivity contribution < 1.29 is 4.79 Å². The molecular formula is C26H26N4OS. The molecule has 3 heterocycles. The van der Waals surface area contributed by atoms with Crippen LogP contribution in [0.15, 0.2) is 42.6 Å². The molecular weight excluding hydrogens is 416 g/mol. The lowest BCUT2D eigenvalue weighted by Gasteiger charge is -2.30. The van der Waals surface area contributed by atoms with E-state index in [4.69, 9.17) is 10.1 Å². The number of thiazole rings is 1. The molecule has 32 heavy (non-hydrogen) atoms. The summed E-state index contributed by atoms with van der Waals surface area (Å²) in [5.74, 6) is 0.134. The number of Topliss-reactive ketones (excluding diaryl/α,β-unsaturated/α-hetero) is 1. The van der Waals surface area contributed by atoms with Gasteiger partial charge in [0.1, 0.15) is 10.8 Å². The number of ketones is 1. The van der Waals surface area contributed by atoms with E-state index in [1.54, 1.807) is 18.3 Å². The van der Waals surface area contributed by atoms with Gasteiger partial charge in [0.05, 0.1) is 34.1 Å². The second-order valence-electron chi connectivity index (χ2n) is 9.28. The molecule has 0 atom stereocenters. The van der Waals surface area contributed by atoms with Gasteiger partial charge in [0.25, 0.3) is 0 Å². The Morgan fingerprint density at radius 2 is 1.94 bits per heavy atom. The van der Waals surface area contributed by atoms with Gasteiger partial charge in [-0.2, -0.15) is 5.10 Å². The van der Waals surface area contributed by atoms with Gasteiger partial charge in [-0.05, 0) is 49.9 Å². The summed E-state index contributed by atoms with van der Waals surface area (Å²) in [6, 6.07) is 12.5. The number of aromatic nitrogens is 4. The summed E-state index contributed by atoms with van der Waals surface area (Å²) in [7, 11) is 0. The fraction of sp³-hybridized carbons (Fsp3) is 0.308. The molecule has 0 aliphatic heterocycles. The number of carbonyl (C=O) groups excluding carboxylic acids is 1. The quantitative estimate of drug-likeness (QED) is 0.410. The molecule has 0 N–H and O–H groups in total. The Bertz CT molecular complexity index is 1340. The van der Waals surface area contributed by atoms with Crippen molar-refractivity contribution in [2.45, 2.75) is 52.9 Å². The molecule has 4 aromatic rings. The molecule has 1 aliphatic carbocycles. The summed E-state index contributed by atoms with van der Waals surface area (Å²) in [5, 5.41) is 6.05. The summed E-state index contributed by atoms with van der Waals surface area (Å²) < 4.78 is 2.08. The van der Waals surface area contributed by atoms with Crippen molar-refractivity contribution in [1.29, 1.82) is 0 Å². The summed E-state index contributed by atoms with van der Waals surface area (Å²) in [4.78, 5) is 22.3. The zero-order chi connectivity index (χ0) is 22.6. The van der Waals surface area contributed by atoms with Crippen molar-refractivity contribution in [2.24, 2.45) is 0 Å². The second kappa shape index (κ2) is 7.48. The third-order valence-corrected chi connectivity index (χ3v) is 7.16. The van der Waals surface area contributed by atoms with Crippen molar-refractivity contribution >= 4 is 17.1 Å². The molecule has 0 fully saturated rings. The molecule has 1 aromatic carbocycles. The van der Waals surface area contributed by atoms with E-state index in [1.807, 2.05) is 31.3 Å². The fourth-order valence-electron chi connectivity index (χ4n) is 4.56. The first-order valence-corrected chi connectivity index (χ1v) is 11.7. The number of rotatable bonds is 4. The Balaban J connectivity index is 1.84. The number of hydrogen-bond acceptors (Lipinski definition) is 5. The first-order chi connectivity index (χ1) is 15.2. The van der Waals surface area contributed by atoms with Crippen molar-refractivity contribution in [3.05, 3.63) is 70.1 Å². The summed E-state index contributed by atoms with van der Waals surface area (Å²) in [6.45, 7) is 10.2. The first kappa shape index (κ1) is 20.8. The molecule has 0 spiro atoms. The number of pyridine rings is 1. The minimum absolute atomic E-state index is 0.134. The predicted octanol–water partition coefficient (Wildman–Crippen LogP) is 5.64. The molecule has 1 aliphatic rings. The highest BCUT2D eigenvalue weighted by Crippen LogP contribution is 2.50. The van der Waals surface area contributed by atoms with Crippen LogP contribution >= 0.6 is 11.3 Å². The molecule has 162 valence electrons. The van der Waals surface area contributed by atoms with Crippen LogP contribution in [0.4, 0.5) is 0 Å². The van der Waals surface area contributed by atoms with E-state index < -0.39 is 0 Å². The Labute approximate surface area is 192 Å². The van der Waals surface area contributed by atoms with E-state index in [0.29, 0.717) is 6.42 Å². The number of carbonyl (C=O) groups is 1. The van der Waals surface area contributed by atoms with Crippen molar-refractivity contribution in [1.82, 2.24) is 19.7 Å². The molecule has 5 rings (SSSR count). The number of fused-ring (bicyclic) bond motifs is 3. The lowest BCUT2D eigenvalue weighted by molar-refractivity contribution is -0.116. The number of nitrogens with zero attached hydrogens (tertiary/aromatic N) is 4. The van der Waals surface area contributed by atoms with Crippen LogP contribution in [0.5, 0.6) is 0 Å². The van der Waals surface area contributed by atoms with Gasteiger partial charge in [-0.1, -0.05) is 32.0 Å². The molecule has 0 saturated heterocycles. The third-order valence-electron chi connectivity index (χ3n) is 6.06. The van der Waals surface area contributed by atoms with Gasteiger partial charge in [-0.15, -0.1) is 11.3 Å². The molecule has 0 saturated carbocycles. The van der Waals surface area contributed by atoms with E-state index in [2.05, 4.69) is 48.6 Å². The van der Waals surface area contributed by atoms with Gasteiger partial charge in [-0.3, -0.25) is 9.78 Å². The maximum Gasteiger partial charge on any atom is 0.136 e. The van der Waals surface area contributed by atoms with Crippen LogP contribution < -0.4 is 0 Å². The Kier molecular flexibility index (Phi) is 4.86. The van der Waals surface area contributed by atoms with Crippen LogP contribution in [0.1, 0.15) is 48.3 Å². The van der Waals surface area contributed by atoms with Gasteiger partial charge in [0.2, 0.25) is 0 Å². The van der Waals surface area contributed by atoms with Crippen LogP contribution in [0.3, 0.4) is 0 Å². The third kappa shape index (κ3) is 3.39. The summed E-state index contributed by atoms with van der Waals surface area (Å²) in [6.07, 6.45) is 3.11. The van der Waals surface area contributed by atoms with E-state index in [1.165, 1.54) is 5.56 Å². The van der Waals surface area contributed by atoms with Crippen LogP contribution in [0, 0.1) is 13.8 Å². The van der Waals surface area contributed by atoms with E-state index in [9.17, 15) is 4.79 Å². The largest absolute Gasteiger partial charge is 0.300 e. The van der Waals surface area contributed by atoms with Gasteiger partial charge in [0, 0.05) is 29.4 Å². The number of benzene rings is 1. The Morgan fingerprint density at radius 1 is 1.16 bits per heavy atom. The van der Waals surface area contributed by atoms with Crippen molar-refractivity contribution in [3.8, 4) is 27.5 Å². The van der Waals surface area contributed by atoms with Gasteiger partial charge >= 0.3 is 0 Å². The van der Waals surface area contributed by atoms with Crippen molar-refractivity contribution in [3.63, 3.8) is 0 Å². The molecule has 6 heteroatoms. The molecule has 0 unspecified atom stereocenters. The van der Waals surface area contributed by atoms with Crippen LogP contribution in [0.2, 0.25) is 0 Å². The zero-order valence-corrected chi connectivity index (χ0v) is 19.9. The van der Waals surface area contributed by atoms with Crippen LogP contribution in [0.25, 0.3) is 27.5 Å². The average molecular weight is 443 g/mol. The van der Waals surface area contributed by atoms with E-state index in [0.717, 1.165) is 55.9 Å². The standard InChI is InChI=1S/C26H26N4OS/c1-15-8-6-7-9-20(15)30-24-22(23(29-30)18-11-10-16(2)27-14-18)26(4,5)13-19-25(24)32-21(28-19)12-17(3)31/h6-11,14H,12-13H2,1-5H3. The normalized spacial score (nSPS) is 14.2. The number of para-hydroxylation sites is 1. The number of hydrogen-bond donors (Lipinski definition) is 0. The predicted molar refractivity (Wildman–Crippen MR) is 128 cm³/mol. The van der Waals surface area contributed by atoms with Crippen LogP contribution in [-0.4, -0.2) is 25.5 Å². The first-order valence-electron chi connectivity index (χ1n) is 10.9. The minimum Gasteiger partial charge on any atom is -0.300 e. The summed E-state index contributed by atoms with van der Waals surface area (Å²) in [5.41, 5.74) is 8.39. The van der Waals surface area contributed by atoms with Gasteiger partial charge in [-0.25, -0.2) is 9.67 Å². The van der Waals surface area contributed by atoms with Gasteiger partial charge < -0.3 is 0 Å². The minimum atomic E-state index is -0.162. The Morgan fingerprint density at radius 3 is 2.62 bits per heavy atom. The highest BCUT2D eigenvalue weighted by Gasteiger charge is 2.40. The maximum absolute atomic E-state index is 11.8. The van der Waals surface area contributed by atoms with Crippen LogP contribution in [-0.2, 0) is 23.1 Å². The zero-order valence-electron chi connectivity index (χ0n) is 19.1.